The molecular weight excluding hydrogens is 262 g/mol. The zero-order valence-corrected chi connectivity index (χ0v) is 11.3. The van der Waals surface area contributed by atoms with Gasteiger partial charge in [-0.05, 0) is 19.4 Å². The molecule has 0 amide bonds. The average molecular weight is 285 g/mol. The van der Waals surface area contributed by atoms with Gasteiger partial charge in [0.05, 0.1) is 6.61 Å². The zero-order chi connectivity index (χ0) is 14.3. The van der Waals surface area contributed by atoms with Crippen LogP contribution in [-0.4, -0.2) is 38.7 Å². The molecule has 0 heterocycles. The van der Waals surface area contributed by atoms with Gasteiger partial charge in [-0.25, -0.2) is 8.78 Å². The highest BCUT2D eigenvalue weighted by Crippen LogP contribution is 2.27. The van der Waals surface area contributed by atoms with Gasteiger partial charge < -0.3 is 10.1 Å². The molecule has 1 atom stereocenters. The van der Waals surface area contributed by atoms with Crippen LogP contribution in [0.3, 0.4) is 0 Å². The van der Waals surface area contributed by atoms with Gasteiger partial charge in [-0.2, -0.15) is 8.78 Å². The summed E-state index contributed by atoms with van der Waals surface area (Å²) in [5, 5.41) is 3.01. The quantitative estimate of drug-likeness (QED) is 0.690. The fourth-order valence-corrected chi connectivity index (χ4v) is 2.49. The van der Waals surface area contributed by atoms with E-state index >= 15 is 0 Å². The SMILES string of the molecule is CNC(COCC(F)(F)C(F)F)CC1CCCCC1. The maximum atomic E-state index is 12.7. The van der Waals surface area contributed by atoms with Crippen LogP contribution in [0.4, 0.5) is 17.6 Å². The Bertz CT molecular complexity index is 245. The Hall–Kier alpha value is -0.360. The van der Waals surface area contributed by atoms with Crippen LogP contribution in [0, 0.1) is 5.92 Å². The minimum atomic E-state index is -4.05. The van der Waals surface area contributed by atoms with E-state index in [9.17, 15) is 17.6 Å². The van der Waals surface area contributed by atoms with Gasteiger partial charge in [0.1, 0.15) is 6.61 Å². The molecule has 0 aromatic heterocycles. The first-order valence-corrected chi connectivity index (χ1v) is 6.86. The van der Waals surface area contributed by atoms with Gasteiger partial charge in [-0.15, -0.1) is 0 Å². The standard InChI is InChI=1S/C13H23F4NO/c1-18-11(7-10-5-3-2-4-6-10)8-19-9-13(16,17)12(14)15/h10-12,18H,2-9H2,1H3. The molecule has 0 aliphatic heterocycles. The second-order valence-electron chi connectivity index (χ2n) is 5.30. The van der Waals surface area contributed by atoms with E-state index < -0.39 is 19.0 Å². The van der Waals surface area contributed by atoms with Crippen LogP contribution < -0.4 is 5.32 Å². The van der Waals surface area contributed by atoms with E-state index in [-0.39, 0.29) is 12.6 Å². The minimum absolute atomic E-state index is 0.0448. The molecular formula is C13H23F4NO. The molecule has 1 rings (SSSR count). The van der Waals surface area contributed by atoms with Crippen molar-refractivity contribution < 1.29 is 22.3 Å². The predicted molar refractivity (Wildman–Crippen MR) is 65.8 cm³/mol. The lowest BCUT2D eigenvalue weighted by Gasteiger charge is -2.26. The van der Waals surface area contributed by atoms with Crippen molar-refractivity contribution in [3.05, 3.63) is 0 Å². The van der Waals surface area contributed by atoms with Gasteiger partial charge in [-0.3, -0.25) is 0 Å². The number of hydrogen-bond donors (Lipinski definition) is 1. The van der Waals surface area contributed by atoms with E-state index in [0.717, 1.165) is 19.3 Å². The van der Waals surface area contributed by atoms with Crippen molar-refractivity contribution in [2.45, 2.75) is 56.9 Å². The fourth-order valence-electron chi connectivity index (χ4n) is 2.49. The number of ether oxygens (including phenoxy) is 1. The normalized spacial score (nSPS) is 19.9. The second-order valence-corrected chi connectivity index (χ2v) is 5.30. The molecule has 0 aromatic rings. The molecule has 0 bridgehead atoms. The third-order valence-corrected chi connectivity index (χ3v) is 3.68. The molecule has 0 aromatic carbocycles. The summed E-state index contributed by atoms with van der Waals surface area (Å²) in [4.78, 5) is 0. The van der Waals surface area contributed by atoms with Crippen molar-refractivity contribution in [3.63, 3.8) is 0 Å². The highest BCUT2D eigenvalue weighted by atomic mass is 19.3. The molecule has 1 unspecified atom stereocenters. The third kappa shape index (κ3) is 6.08. The molecule has 0 spiro atoms. The number of nitrogens with one attached hydrogen (secondary N) is 1. The van der Waals surface area contributed by atoms with E-state index in [4.69, 9.17) is 4.74 Å². The number of rotatable bonds is 8. The van der Waals surface area contributed by atoms with E-state index in [0.29, 0.717) is 5.92 Å². The molecule has 1 N–H and O–H groups in total. The molecule has 0 radical (unpaired) electrons. The molecule has 2 nitrogen and oxygen atoms in total. The first kappa shape index (κ1) is 16.7. The maximum Gasteiger partial charge on any atom is 0.330 e. The molecule has 6 heteroatoms. The van der Waals surface area contributed by atoms with Gasteiger partial charge >= 0.3 is 12.3 Å². The zero-order valence-electron chi connectivity index (χ0n) is 11.3. The third-order valence-electron chi connectivity index (χ3n) is 3.68. The van der Waals surface area contributed by atoms with Gasteiger partial charge in [0.25, 0.3) is 0 Å². The van der Waals surface area contributed by atoms with Crippen LogP contribution in [0.5, 0.6) is 0 Å². The fraction of sp³-hybridized carbons (Fsp3) is 1.00. The van der Waals surface area contributed by atoms with Crippen molar-refractivity contribution in [3.8, 4) is 0 Å². The molecule has 1 aliphatic rings. The predicted octanol–water partition coefficient (Wildman–Crippen LogP) is 3.46. The van der Waals surface area contributed by atoms with Crippen molar-refractivity contribution in [2.24, 2.45) is 5.92 Å². The van der Waals surface area contributed by atoms with E-state index in [2.05, 4.69) is 5.32 Å². The lowest BCUT2D eigenvalue weighted by molar-refractivity contribution is -0.167. The summed E-state index contributed by atoms with van der Waals surface area (Å²) in [7, 11) is 1.74. The van der Waals surface area contributed by atoms with Crippen LogP contribution in [0.1, 0.15) is 38.5 Å². The maximum absolute atomic E-state index is 12.7. The summed E-state index contributed by atoms with van der Waals surface area (Å²) in [5.74, 6) is -3.46. The van der Waals surface area contributed by atoms with Crippen LogP contribution in [-0.2, 0) is 4.74 Å². The molecule has 1 saturated carbocycles. The van der Waals surface area contributed by atoms with Crippen molar-refractivity contribution >= 4 is 0 Å². The molecule has 114 valence electrons. The van der Waals surface area contributed by atoms with Crippen LogP contribution in [0.15, 0.2) is 0 Å². The van der Waals surface area contributed by atoms with Crippen LogP contribution in [0.25, 0.3) is 0 Å². The highest BCUT2D eigenvalue weighted by molar-refractivity contribution is 4.74. The number of halogens is 4. The highest BCUT2D eigenvalue weighted by Gasteiger charge is 2.41. The smallest absolute Gasteiger partial charge is 0.330 e. The lowest BCUT2D eigenvalue weighted by atomic mass is 9.85. The number of alkyl halides is 4. The van der Waals surface area contributed by atoms with Crippen molar-refractivity contribution in [2.75, 3.05) is 20.3 Å². The first-order chi connectivity index (χ1) is 8.95. The summed E-state index contributed by atoms with van der Waals surface area (Å²) < 4.78 is 54.0. The summed E-state index contributed by atoms with van der Waals surface area (Å²) in [6.07, 6.45) is 3.20. The Morgan fingerprint density at radius 1 is 1.21 bits per heavy atom. The van der Waals surface area contributed by atoms with E-state index in [1.54, 1.807) is 7.05 Å². The Labute approximate surface area is 111 Å². The van der Waals surface area contributed by atoms with E-state index in [1.807, 2.05) is 0 Å². The van der Waals surface area contributed by atoms with E-state index in [1.165, 1.54) is 19.3 Å². The largest absolute Gasteiger partial charge is 0.373 e. The topological polar surface area (TPSA) is 21.3 Å². The van der Waals surface area contributed by atoms with Gasteiger partial charge in [0.2, 0.25) is 0 Å². The summed E-state index contributed by atoms with van der Waals surface area (Å²) in [5.41, 5.74) is 0. The monoisotopic (exact) mass is 285 g/mol. The number of hydrogen-bond acceptors (Lipinski definition) is 2. The van der Waals surface area contributed by atoms with Gasteiger partial charge in [0.15, 0.2) is 0 Å². The first-order valence-electron chi connectivity index (χ1n) is 6.86. The summed E-state index contributed by atoms with van der Waals surface area (Å²) >= 11 is 0. The molecule has 0 saturated heterocycles. The molecule has 1 aliphatic carbocycles. The minimum Gasteiger partial charge on any atom is -0.373 e. The van der Waals surface area contributed by atoms with Gasteiger partial charge in [0, 0.05) is 6.04 Å². The van der Waals surface area contributed by atoms with Crippen LogP contribution >= 0.6 is 0 Å². The number of likely N-dealkylation sites (N-methyl/N-ethyl adjacent to an activating group) is 1. The lowest BCUT2D eigenvalue weighted by Crippen LogP contribution is -2.37. The summed E-state index contributed by atoms with van der Waals surface area (Å²) in [6, 6.07) is -0.0448. The summed E-state index contributed by atoms with van der Waals surface area (Å²) in [6.45, 7) is -1.16. The molecule has 19 heavy (non-hydrogen) atoms. The van der Waals surface area contributed by atoms with Crippen LogP contribution in [0.2, 0.25) is 0 Å². The Morgan fingerprint density at radius 3 is 2.37 bits per heavy atom. The van der Waals surface area contributed by atoms with Crippen molar-refractivity contribution in [1.82, 2.24) is 5.32 Å². The Balaban J connectivity index is 2.24. The average Bonchev–Trinajstić information content (AvgIpc) is 2.38. The molecule has 1 fully saturated rings. The second kappa shape index (κ2) is 8.04. The van der Waals surface area contributed by atoms with Gasteiger partial charge in [-0.1, -0.05) is 32.1 Å². The Kier molecular flexibility index (Phi) is 7.07. The Morgan fingerprint density at radius 2 is 1.84 bits per heavy atom. The van der Waals surface area contributed by atoms with Crippen molar-refractivity contribution in [1.29, 1.82) is 0 Å².